The van der Waals surface area contributed by atoms with Gasteiger partial charge in [-0.05, 0) is 41.0 Å². The first-order valence-corrected chi connectivity index (χ1v) is 7.27. The number of thiophene rings is 1. The minimum Gasteiger partial charge on any atom is -0.313 e. The topological polar surface area (TPSA) is 12.0 Å². The lowest BCUT2D eigenvalue weighted by atomic mass is 9.94. The minimum atomic E-state index is -5.33. The van der Waals surface area contributed by atoms with Gasteiger partial charge in [0.05, 0.1) is 3.79 Å². The molecule has 1 rings (SSSR count). The second kappa shape index (κ2) is 6.65. The molecule has 1 unspecified atom stereocenters. The molecule has 1 heterocycles. The van der Waals surface area contributed by atoms with Crippen LogP contribution in [0, 0.1) is 5.92 Å². The molecule has 116 valence electrons. The van der Waals surface area contributed by atoms with E-state index >= 15 is 0 Å². The summed E-state index contributed by atoms with van der Waals surface area (Å²) in [6, 6.07) is 1.38. The third-order valence-electron chi connectivity index (χ3n) is 2.62. The molecule has 1 aromatic heterocycles. The first-order chi connectivity index (χ1) is 9.05. The van der Waals surface area contributed by atoms with Gasteiger partial charge in [-0.3, -0.25) is 0 Å². The predicted molar refractivity (Wildman–Crippen MR) is 68.8 cm³/mol. The van der Waals surface area contributed by atoms with Gasteiger partial charge < -0.3 is 5.32 Å². The van der Waals surface area contributed by atoms with Crippen molar-refractivity contribution in [2.45, 2.75) is 31.7 Å². The van der Waals surface area contributed by atoms with Crippen LogP contribution < -0.4 is 5.32 Å². The number of hydrogen-bond donors (Lipinski definition) is 1. The standard InChI is InChI=1S/C11H12BrF6NS/c1-2-19-7(5-6-3-4-8(12)20-6)9(10(13,14)15)11(16,17)18/h3-4,7,9,19H,2,5H2,1H3. The molecule has 1 atom stereocenters. The van der Waals surface area contributed by atoms with Gasteiger partial charge in [0, 0.05) is 10.9 Å². The zero-order chi connectivity index (χ0) is 15.6. The number of nitrogens with one attached hydrogen (secondary N) is 1. The first-order valence-electron chi connectivity index (χ1n) is 5.66. The summed E-state index contributed by atoms with van der Waals surface area (Å²) in [4.78, 5) is 0.460. The molecule has 0 amide bonds. The molecule has 1 N–H and O–H groups in total. The van der Waals surface area contributed by atoms with Crippen LogP contribution in [0.25, 0.3) is 0 Å². The fourth-order valence-electron chi connectivity index (χ4n) is 1.89. The summed E-state index contributed by atoms with van der Waals surface area (Å²) in [5.41, 5.74) is 0. The lowest BCUT2D eigenvalue weighted by Crippen LogP contribution is -2.51. The Morgan fingerprint density at radius 1 is 1.15 bits per heavy atom. The molecule has 0 aliphatic rings. The van der Waals surface area contributed by atoms with Crippen LogP contribution in [0.2, 0.25) is 0 Å². The molecule has 0 aliphatic heterocycles. The van der Waals surface area contributed by atoms with E-state index in [1.165, 1.54) is 13.0 Å². The van der Waals surface area contributed by atoms with Crippen molar-refractivity contribution in [1.82, 2.24) is 5.32 Å². The molecular weight excluding hydrogens is 372 g/mol. The van der Waals surface area contributed by atoms with Gasteiger partial charge >= 0.3 is 12.4 Å². The highest BCUT2D eigenvalue weighted by molar-refractivity contribution is 9.11. The molecule has 0 radical (unpaired) electrons. The van der Waals surface area contributed by atoms with Crippen LogP contribution in [-0.2, 0) is 6.42 Å². The van der Waals surface area contributed by atoms with E-state index in [1.54, 1.807) is 6.07 Å². The fourth-order valence-corrected chi connectivity index (χ4v) is 3.43. The Balaban J connectivity index is 3.02. The van der Waals surface area contributed by atoms with Crippen LogP contribution in [0.4, 0.5) is 26.3 Å². The highest BCUT2D eigenvalue weighted by atomic mass is 79.9. The predicted octanol–water partition coefficient (Wildman–Crippen LogP) is 4.77. The summed E-state index contributed by atoms with van der Waals surface area (Å²) in [5.74, 6) is -3.38. The molecule has 0 saturated heterocycles. The van der Waals surface area contributed by atoms with Crippen molar-refractivity contribution in [2.75, 3.05) is 6.54 Å². The van der Waals surface area contributed by atoms with Gasteiger partial charge in [-0.1, -0.05) is 6.92 Å². The van der Waals surface area contributed by atoms with Gasteiger partial charge in [0.1, 0.15) is 0 Å². The van der Waals surface area contributed by atoms with Crippen LogP contribution in [0.3, 0.4) is 0 Å². The van der Waals surface area contributed by atoms with E-state index in [2.05, 4.69) is 21.2 Å². The van der Waals surface area contributed by atoms with Crippen molar-refractivity contribution in [3.63, 3.8) is 0 Å². The van der Waals surface area contributed by atoms with E-state index in [0.717, 1.165) is 11.3 Å². The summed E-state index contributed by atoms with van der Waals surface area (Å²) < 4.78 is 77.1. The fraction of sp³-hybridized carbons (Fsp3) is 0.636. The van der Waals surface area contributed by atoms with Crippen molar-refractivity contribution in [3.05, 3.63) is 20.8 Å². The highest BCUT2D eigenvalue weighted by Gasteiger charge is 2.59. The Morgan fingerprint density at radius 2 is 1.70 bits per heavy atom. The maximum atomic E-state index is 12.7. The second-order valence-corrected chi connectivity index (χ2v) is 6.68. The molecule has 0 bridgehead atoms. The Labute approximate surface area is 124 Å². The monoisotopic (exact) mass is 383 g/mol. The van der Waals surface area contributed by atoms with Gasteiger partial charge in [0.25, 0.3) is 0 Å². The normalized spacial score (nSPS) is 14.8. The number of rotatable bonds is 5. The van der Waals surface area contributed by atoms with E-state index in [-0.39, 0.29) is 13.0 Å². The number of hydrogen-bond acceptors (Lipinski definition) is 2. The molecule has 0 saturated carbocycles. The van der Waals surface area contributed by atoms with Crippen LogP contribution >= 0.6 is 27.3 Å². The van der Waals surface area contributed by atoms with E-state index in [1.807, 2.05) is 0 Å². The number of likely N-dealkylation sites (N-methyl/N-ethyl adjacent to an activating group) is 1. The second-order valence-electron chi connectivity index (χ2n) is 4.14. The highest BCUT2D eigenvalue weighted by Crippen LogP contribution is 2.42. The SMILES string of the molecule is CCNC(Cc1ccc(Br)s1)C(C(F)(F)F)C(F)(F)F. The summed E-state index contributed by atoms with van der Waals surface area (Å²) in [5, 5.41) is 2.30. The van der Waals surface area contributed by atoms with Gasteiger partial charge in [-0.25, -0.2) is 0 Å². The molecule has 0 spiro atoms. The van der Waals surface area contributed by atoms with E-state index < -0.39 is 24.3 Å². The maximum Gasteiger partial charge on any atom is 0.402 e. The van der Waals surface area contributed by atoms with E-state index in [4.69, 9.17) is 0 Å². The zero-order valence-corrected chi connectivity index (χ0v) is 12.7. The minimum absolute atomic E-state index is 0.0277. The molecular formula is C11H12BrF6NS. The van der Waals surface area contributed by atoms with Gasteiger partial charge in [-0.2, -0.15) is 26.3 Å². The van der Waals surface area contributed by atoms with Crippen molar-refractivity contribution >= 4 is 27.3 Å². The van der Waals surface area contributed by atoms with Crippen molar-refractivity contribution in [3.8, 4) is 0 Å². The summed E-state index contributed by atoms with van der Waals surface area (Å²) in [6.45, 7) is 1.50. The summed E-state index contributed by atoms with van der Waals surface area (Å²) in [6.07, 6.45) is -11.0. The van der Waals surface area contributed by atoms with Crippen molar-refractivity contribution < 1.29 is 26.3 Å². The zero-order valence-electron chi connectivity index (χ0n) is 10.3. The first kappa shape index (κ1) is 17.8. The van der Waals surface area contributed by atoms with Crippen molar-refractivity contribution in [2.24, 2.45) is 5.92 Å². The molecule has 0 aromatic carbocycles. The Hall–Kier alpha value is -0.280. The lowest BCUT2D eigenvalue weighted by molar-refractivity contribution is -0.291. The smallest absolute Gasteiger partial charge is 0.313 e. The van der Waals surface area contributed by atoms with Gasteiger partial charge in [0.2, 0.25) is 0 Å². The third kappa shape index (κ3) is 4.92. The molecule has 20 heavy (non-hydrogen) atoms. The summed E-state index contributed by atoms with van der Waals surface area (Å²) >= 11 is 4.25. The van der Waals surface area contributed by atoms with Crippen LogP contribution in [-0.4, -0.2) is 24.9 Å². The maximum absolute atomic E-state index is 12.7. The quantitative estimate of drug-likeness (QED) is 0.722. The van der Waals surface area contributed by atoms with E-state index in [9.17, 15) is 26.3 Å². The largest absolute Gasteiger partial charge is 0.402 e. The molecule has 1 aromatic rings. The molecule has 9 heteroatoms. The average Bonchev–Trinajstić information content (AvgIpc) is 2.59. The van der Waals surface area contributed by atoms with Crippen LogP contribution in [0.15, 0.2) is 15.9 Å². The number of halogens is 7. The lowest BCUT2D eigenvalue weighted by Gasteiger charge is -2.31. The van der Waals surface area contributed by atoms with Gasteiger partial charge in [-0.15, -0.1) is 11.3 Å². The molecule has 0 aliphatic carbocycles. The Kier molecular flexibility index (Phi) is 5.91. The third-order valence-corrected chi connectivity index (χ3v) is 4.27. The molecule has 0 fully saturated rings. The van der Waals surface area contributed by atoms with Crippen LogP contribution in [0.1, 0.15) is 11.8 Å². The van der Waals surface area contributed by atoms with Crippen molar-refractivity contribution in [1.29, 1.82) is 0 Å². The van der Waals surface area contributed by atoms with E-state index in [0.29, 0.717) is 8.66 Å². The molecule has 1 nitrogen and oxygen atoms in total. The van der Waals surface area contributed by atoms with Crippen LogP contribution in [0.5, 0.6) is 0 Å². The van der Waals surface area contributed by atoms with Gasteiger partial charge in [0.15, 0.2) is 5.92 Å². The number of alkyl halides is 6. The Bertz CT molecular complexity index is 413. The summed E-state index contributed by atoms with van der Waals surface area (Å²) in [7, 11) is 0. The average molecular weight is 384 g/mol. The Morgan fingerprint density at radius 3 is 2.05 bits per heavy atom.